The van der Waals surface area contributed by atoms with Crippen LogP contribution >= 0.6 is 11.6 Å². The predicted octanol–water partition coefficient (Wildman–Crippen LogP) is 5.38. The van der Waals surface area contributed by atoms with Gasteiger partial charge in [-0.25, -0.2) is 4.79 Å². The Morgan fingerprint density at radius 1 is 1.15 bits per heavy atom. The average molecular weight is 386 g/mol. The van der Waals surface area contributed by atoms with E-state index in [0.29, 0.717) is 34.7 Å². The molecule has 0 spiro atoms. The maximum absolute atomic E-state index is 12.8. The molecule has 1 heterocycles. The molecule has 0 saturated heterocycles. The first kappa shape index (κ1) is 18.3. The zero-order chi connectivity index (χ0) is 19.0. The number of aromatic nitrogens is 1. The number of Topliss-reactive ketones (excluding diaryl/α,β-unsaturated/α-hetero) is 1. The number of fused-ring (bicyclic) bond motifs is 1. The summed E-state index contributed by atoms with van der Waals surface area (Å²) < 4.78 is 5.70. The third-order valence-electron chi connectivity index (χ3n) is 5.86. The van der Waals surface area contributed by atoms with Crippen LogP contribution < -0.4 is 0 Å². The molecule has 5 heteroatoms. The van der Waals surface area contributed by atoms with Gasteiger partial charge in [0.25, 0.3) is 0 Å². The highest BCUT2D eigenvalue weighted by Crippen LogP contribution is 2.37. The minimum Gasteiger partial charge on any atom is -0.458 e. The Balaban J connectivity index is 1.58. The Kier molecular flexibility index (Phi) is 5.09. The number of nitrogens with one attached hydrogen (secondary N) is 1. The number of ketones is 1. The van der Waals surface area contributed by atoms with E-state index >= 15 is 0 Å². The van der Waals surface area contributed by atoms with Crippen molar-refractivity contribution in [1.82, 2.24) is 4.98 Å². The van der Waals surface area contributed by atoms with Gasteiger partial charge < -0.3 is 9.72 Å². The van der Waals surface area contributed by atoms with Crippen LogP contribution in [0.1, 0.15) is 82.1 Å². The number of H-pyrrole nitrogens is 1. The molecule has 0 aliphatic heterocycles. The summed E-state index contributed by atoms with van der Waals surface area (Å²) >= 11 is 6.33. The molecule has 1 N–H and O–H groups in total. The number of hydrogen-bond acceptors (Lipinski definition) is 3. The molecule has 1 aromatic heterocycles. The Morgan fingerprint density at radius 2 is 1.89 bits per heavy atom. The lowest BCUT2D eigenvalue weighted by atomic mass is 9.81. The average Bonchev–Trinajstić information content (AvgIpc) is 3.00. The van der Waals surface area contributed by atoms with E-state index in [9.17, 15) is 9.59 Å². The summed E-state index contributed by atoms with van der Waals surface area (Å²) in [6.45, 7) is 1.83. The van der Waals surface area contributed by atoms with Gasteiger partial charge in [0, 0.05) is 22.7 Å². The quantitative estimate of drug-likeness (QED) is 0.721. The molecule has 2 aliphatic rings. The second-order valence-electron chi connectivity index (χ2n) is 7.69. The lowest BCUT2D eigenvalue weighted by Gasteiger charge is -2.22. The molecule has 2 aliphatic carbocycles. The van der Waals surface area contributed by atoms with Crippen LogP contribution in [-0.2, 0) is 11.2 Å². The molecule has 27 heavy (non-hydrogen) atoms. The van der Waals surface area contributed by atoms with Gasteiger partial charge in [-0.1, -0.05) is 36.2 Å². The first-order valence-electron chi connectivity index (χ1n) is 9.74. The number of aromatic amines is 1. The molecular formula is C22H24ClNO3. The molecule has 2 aromatic rings. The highest BCUT2D eigenvalue weighted by molar-refractivity contribution is 6.31. The van der Waals surface area contributed by atoms with Gasteiger partial charge in [-0.15, -0.1) is 0 Å². The molecule has 1 saturated carbocycles. The van der Waals surface area contributed by atoms with Crippen LogP contribution in [0, 0.1) is 6.92 Å². The van der Waals surface area contributed by atoms with Crippen molar-refractivity contribution >= 4 is 23.4 Å². The second-order valence-corrected chi connectivity index (χ2v) is 8.10. The Morgan fingerprint density at radius 3 is 2.63 bits per heavy atom. The fourth-order valence-corrected chi connectivity index (χ4v) is 4.75. The van der Waals surface area contributed by atoms with Gasteiger partial charge in [0.15, 0.2) is 5.78 Å². The SMILES string of the molecule is Cc1c(C(=O)OC2CCCCC2)[nH]c2c1C(=O)C[C@@H](c1ccccc1Cl)C2. The summed E-state index contributed by atoms with van der Waals surface area (Å²) in [5.74, 6) is -0.249. The third kappa shape index (κ3) is 3.55. The largest absolute Gasteiger partial charge is 0.458 e. The maximum Gasteiger partial charge on any atom is 0.355 e. The van der Waals surface area contributed by atoms with Crippen LogP contribution in [0.3, 0.4) is 0 Å². The standard InChI is InChI=1S/C22H24ClNO3/c1-13-20-18(24-21(13)22(26)27-15-7-3-2-4-8-15)11-14(12-19(20)25)16-9-5-6-10-17(16)23/h5-6,9-10,14-15,24H,2-4,7-8,11-12H2,1H3/t14-/m0/s1. The topological polar surface area (TPSA) is 59.2 Å². The molecule has 4 rings (SSSR count). The van der Waals surface area contributed by atoms with Crippen LogP contribution in [0.25, 0.3) is 0 Å². The van der Waals surface area contributed by atoms with Crippen LogP contribution in [0.15, 0.2) is 24.3 Å². The first-order valence-corrected chi connectivity index (χ1v) is 10.1. The smallest absolute Gasteiger partial charge is 0.355 e. The number of benzene rings is 1. The second kappa shape index (κ2) is 7.51. The van der Waals surface area contributed by atoms with Crippen molar-refractivity contribution in [2.24, 2.45) is 0 Å². The van der Waals surface area contributed by atoms with Gasteiger partial charge in [-0.05, 0) is 62.1 Å². The van der Waals surface area contributed by atoms with E-state index in [-0.39, 0.29) is 23.8 Å². The lowest BCUT2D eigenvalue weighted by molar-refractivity contribution is 0.0204. The zero-order valence-electron chi connectivity index (χ0n) is 15.5. The number of halogens is 1. The fourth-order valence-electron chi connectivity index (χ4n) is 4.46. The van der Waals surface area contributed by atoms with Crippen molar-refractivity contribution in [3.63, 3.8) is 0 Å². The molecule has 1 aromatic carbocycles. The van der Waals surface area contributed by atoms with Gasteiger partial charge in [-0.3, -0.25) is 4.79 Å². The van der Waals surface area contributed by atoms with Gasteiger partial charge in [0.2, 0.25) is 0 Å². The Hall–Kier alpha value is -2.07. The van der Waals surface area contributed by atoms with Gasteiger partial charge in [-0.2, -0.15) is 0 Å². The monoisotopic (exact) mass is 385 g/mol. The maximum atomic E-state index is 12.8. The van der Waals surface area contributed by atoms with Gasteiger partial charge in [0.05, 0.1) is 0 Å². The van der Waals surface area contributed by atoms with Gasteiger partial charge >= 0.3 is 5.97 Å². The van der Waals surface area contributed by atoms with Crippen molar-refractivity contribution in [3.8, 4) is 0 Å². The van der Waals surface area contributed by atoms with E-state index < -0.39 is 0 Å². The Labute approximate surface area is 164 Å². The van der Waals surface area contributed by atoms with E-state index in [0.717, 1.165) is 36.9 Å². The molecule has 4 nitrogen and oxygen atoms in total. The fraction of sp³-hybridized carbons (Fsp3) is 0.455. The summed E-state index contributed by atoms with van der Waals surface area (Å²) in [6, 6.07) is 7.65. The summed E-state index contributed by atoms with van der Waals surface area (Å²) in [5, 5.41) is 0.680. The summed E-state index contributed by atoms with van der Waals surface area (Å²) in [4.78, 5) is 28.7. The number of esters is 1. The summed E-state index contributed by atoms with van der Waals surface area (Å²) in [5.41, 5.74) is 3.61. The minimum absolute atomic E-state index is 0.00227. The number of rotatable bonds is 3. The molecular weight excluding hydrogens is 362 g/mol. The van der Waals surface area contributed by atoms with Crippen molar-refractivity contribution in [2.45, 2.75) is 63.9 Å². The molecule has 1 fully saturated rings. The van der Waals surface area contributed by atoms with Crippen molar-refractivity contribution in [2.75, 3.05) is 0 Å². The van der Waals surface area contributed by atoms with Crippen molar-refractivity contribution in [3.05, 3.63) is 57.4 Å². The number of carbonyl (C=O) groups is 2. The van der Waals surface area contributed by atoms with Crippen LogP contribution in [0.4, 0.5) is 0 Å². The molecule has 0 amide bonds. The number of ether oxygens (including phenoxy) is 1. The summed E-state index contributed by atoms with van der Waals surface area (Å²) in [6.07, 6.45) is 6.36. The first-order chi connectivity index (χ1) is 13.0. The third-order valence-corrected chi connectivity index (χ3v) is 6.21. The minimum atomic E-state index is -0.337. The van der Waals surface area contributed by atoms with E-state index in [4.69, 9.17) is 16.3 Å². The number of hydrogen-bond donors (Lipinski definition) is 1. The highest BCUT2D eigenvalue weighted by atomic mass is 35.5. The summed E-state index contributed by atoms with van der Waals surface area (Å²) in [7, 11) is 0. The van der Waals surface area contributed by atoms with E-state index in [1.165, 1.54) is 6.42 Å². The zero-order valence-corrected chi connectivity index (χ0v) is 16.3. The van der Waals surface area contributed by atoms with Gasteiger partial charge in [0.1, 0.15) is 11.8 Å². The van der Waals surface area contributed by atoms with E-state index in [1.807, 2.05) is 31.2 Å². The van der Waals surface area contributed by atoms with Crippen LogP contribution in [0.5, 0.6) is 0 Å². The molecule has 1 atom stereocenters. The molecule has 0 bridgehead atoms. The predicted molar refractivity (Wildman–Crippen MR) is 105 cm³/mol. The normalized spacial score (nSPS) is 20.4. The highest BCUT2D eigenvalue weighted by Gasteiger charge is 2.33. The molecule has 142 valence electrons. The van der Waals surface area contributed by atoms with E-state index in [1.54, 1.807) is 0 Å². The lowest BCUT2D eigenvalue weighted by Crippen LogP contribution is -2.21. The number of carbonyl (C=O) groups excluding carboxylic acids is 2. The van der Waals surface area contributed by atoms with Crippen molar-refractivity contribution in [1.29, 1.82) is 0 Å². The molecule has 0 unspecified atom stereocenters. The van der Waals surface area contributed by atoms with Crippen LogP contribution in [-0.4, -0.2) is 22.8 Å². The van der Waals surface area contributed by atoms with E-state index in [2.05, 4.69) is 4.98 Å². The van der Waals surface area contributed by atoms with Crippen molar-refractivity contribution < 1.29 is 14.3 Å². The van der Waals surface area contributed by atoms with Crippen LogP contribution in [0.2, 0.25) is 5.02 Å². The Bertz CT molecular complexity index is 880. The molecule has 0 radical (unpaired) electrons.